The van der Waals surface area contributed by atoms with Gasteiger partial charge in [-0.25, -0.2) is 0 Å². The van der Waals surface area contributed by atoms with Gasteiger partial charge in [0.25, 0.3) is 11.6 Å². The van der Waals surface area contributed by atoms with Gasteiger partial charge in [-0.1, -0.05) is 0 Å². The minimum absolute atomic E-state index is 0.00868. The van der Waals surface area contributed by atoms with Crippen molar-refractivity contribution in [2.24, 2.45) is 11.8 Å². The zero-order chi connectivity index (χ0) is 18.7. The van der Waals surface area contributed by atoms with Gasteiger partial charge in [0.05, 0.1) is 13.7 Å². The highest BCUT2D eigenvalue weighted by Crippen LogP contribution is 2.51. The maximum Gasteiger partial charge on any atom is 0.271 e. The highest BCUT2D eigenvalue weighted by molar-refractivity contribution is 6.49. The number of methoxy groups -OCH3 is 1. The molecule has 0 radical (unpaired) electrons. The van der Waals surface area contributed by atoms with Crippen molar-refractivity contribution in [2.75, 3.05) is 27.1 Å². The number of hydrogen-bond acceptors (Lipinski definition) is 7. The van der Waals surface area contributed by atoms with Gasteiger partial charge in [0.15, 0.2) is 23.0 Å². The van der Waals surface area contributed by atoms with Crippen molar-refractivity contribution in [1.29, 1.82) is 0 Å². The molecule has 2 heterocycles. The Labute approximate surface area is 155 Å². The first kappa shape index (κ1) is 16.4. The van der Waals surface area contributed by atoms with E-state index in [1.165, 1.54) is 7.11 Å². The van der Waals surface area contributed by atoms with Crippen LogP contribution in [0.4, 0.5) is 0 Å². The summed E-state index contributed by atoms with van der Waals surface area (Å²) in [6, 6.07) is 3.89. The molecular weight excluding hydrogens is 352 g/mol. The van der Waals surface area contributed by atoms with Crippen molar-refractivity contribution >= 4 is 11.6 Å². The summed E-state index contributed by atoms with van der Waals surface area (Å²) in [6.45, 7) is 0.458. The average Bonchev–Trinajstić information content (AvgIpc) is 3.15. The number of carbonyl (C=O) groups is 2. The quantitative estimate of drug-likeness (QED) is 0.619. The first-order valence-corrected chi connectivity index (χ1v) is 8.87. The van der Waals surface area contributed by atoms with Crippen molar-refractivity contribution in [2.45, 2.75) is 12.3 Å². The molecule has 0 saturated carbocycles. The first-order valence-electron chi connectivity index (χ1n) is 8.87. The van der Waals surface area contributed by atoms with E-state index in [1.807, 2.05) is 12.1 Å². The van der Waals surface area contributed by atoms with Gasteiger partial charge in [-0.05, 0) is 41.7 Å². The average molecular weight is 370 g/mol. The second-order valence-corrected chi connectivity index (χ2v) is 7.16. The molecule has 4 aliphatic rings. The van der Waals surface area contributed by atoms with E-state index in [0.29, 0.717) is 23.5 Å². The Hall–Kier alpha value is -2.80. The molecule has 0 bridgehead atoms. The number of aliphatic hydroxyl groups excluding tert-OH is 1. The summed E-state index contributed by atoms with van der Waals surface area (Å²) in [5.41, 5.74) is 2.69. The Morgan fingerprint density at radius 2 is 1.93 bits per heavy atom. The van der Waals surface area contributed by atoms with E-state index >= 15 is 0 Å². The molecule has 0 spiro atoms. The first-order chi connectivity index (χ1) is 13.1. The van der Waals surface area contributed by atoms with E-state index in [-0.39, 0.29) is 49.3 Å². The molecule has 7 nitrogen and oxygen atoms in total. The number of Topliss-reactive ketones (excluding diaryl/α,β-unsaturated/α-hetero) is 2. The molecule has 1 aromatic carbocycles. The van der Waals surface area contributed by atoms with Crippen molar-refractivity contribution < 1.29 is 33.6 Å². The van der Waals surface area contributed by atoms with Crippen LogP contribution in [0, 0.1) is 11.8 Å². The minimum atomic E-state index is -0.699. The smallest absolute Gasteiger partial charge is 0.271 e. The van der Waals surface area contributed by atoms with Crippen LogP contribution in [0.3, 0.4) is 0 Å². The maximum absolute atomic E-state index is 12.5. The molecule has 0 amide bonds. The lowest BCUT2D eigenvalue weighted by Crippen LogP contribution is -2.41. The number of rotatable bonds is 2. The Morgan fingerprint density at radius 3 is 2.67 bits per heavy atom. The molecule has 0 unspecified atom stereocenters. The summed E-state index contributed by atoms with van der Waals surface area (Å²) in [5, 5.41) is 9.95. The van der Waals surface area contributed by atoms with Crippen LogP contribution in [0.2, 0.25) is 0 Å². The van der Waals surface area contributed by atoms with Crippen molar-refractivity contribution in [3.8, 4) is 11.5 Å². The number of allylic oxidation sites excluding steroid dienone is 4. The molecule has 2 aliphatic carbocycles. The van der Waals surface area contributed by atoms with E-state index < -0.39 is 11.6 Å². The summed E-state index contributed by atoms with van der Waals surface area (Å²) in [7, 11) is 1.37. The highest BCUT2D eigenvalue weighted by Gasteiger charge is 2.47. The van der Waals surface area contributed by atoms with Crippen LogP contribution in [0.5, 0.6) is 11.5 Å². The molecule has 3 atom stereocenters. The van der Waals surface area contributed by atoms with Gasteiger partial charge in [0.2, 0.25) is 6.79 Å². The van der Waals surface area contributed by atoms with Gasteiger partial charge in [0, 0.05) is 24.0 Å². The fourth-order valence-electron chi connectivity index (χ4n) is 4.56. The fourth-order valence-corrected chi connectivity index (χ4v) is 4.56. The SMILES string of the molecule is COC1=CC2=C(OC[C@H]3[C@H](CO)Cc4cc5c(cc4[C@@H]23)OCO5)C(=O)C1=O. The van der Waals surface area contributed by atoms with Crippen molar-refractivity contribution in [3.05, 3.63) is 46.4 Å². The predicted octanol–water partition coefficient (Wildman–Crippen LogP) is 1.25. The lowest BCUT2D eigenvalue weighted by atomic mass is 9.64. The molecule has 7 heteroatoms. The molecule has 2 aliphatic heterocycles. The van der Waals surface area contributed by atoms with Crippen LogP contribution < -0.4 is 9.47 Å². The van der Waals surface area contributed by atoms with Gasteiger partial charge in [-0.3, -0.25) is 9.59 Å². The third-order valence-electron chi connectivity index (χ3n) is 5.88. The monoisotopic (exact) mass is 370 g/mol. The maximum atomic E-state index is 12.5. The number of aliphatic hydroxyl groups is 1. The van der Waals surface area contributed by atoms with Crippen LogP contribution in [-0.2, 0) is 25.5 Å². The fraction of sp³-hybridized carbons (Fsp3) is 0.400. The number of ether oxygens (including phenoxy) is 4. The lowest BCUT2D eigenvalue weighted by Gasteiger charge is -2.43. The van der Waals surface area contributed by atoms with Gasteiger partial charge >= 0.3 is 0 Å². The van der Waals surface area contributed by atoms with Crippen LogP contribution in [-0.4, -0.2) is 43.8 Å². The number of ketones is 2. The standard InChI is InChI=1S/C20H18O7/c1-24-16-5-12-17-11-4-15-14(26-8-27-15)3-9(11)2-10(6-21)13(17)7-25-20(12)19(23)18(16)22/h3-5,10,13,17,21H,2,6-8H2,1H3/t10-,13-,17-/m0/s1. The second kappa shape index (κ2) is 5.85. The molecule has 1 aromatic rings. The van der Waals surface area contributed by atoms with Gasteiger partial charge in [-0.2, -0.15) is 0 Å². The molecular formula is C20H18O7. The summed E-state index contributed by atoms with van der Waals surface area (Å²) in [5.74, 6) is -0.162. The van der Waals surface area contributed by atoms with Gasteiger partial charge in [0.1, 0.15) is 0 Å². The number of fused-ring (bicyclic) bond motifs is 5. The molecule has 1 N–H and O–H groups in total. The van der Waals surface area contributed by atoms with Crippen LogP contribution in [0.25, 0.3) is 0 Å². The van der Waals surface area contributed by atoms with E-state index in [1.54, 1.807) is 6.08 Å². The molecule has 0 aromatic heterocycles. The highest BCUT2D eigenvalue weighted by atomic mass is 16.7. The molecule has 0 fully saturated rings. The normalized spacial score (nSPS) is 28.1. The van der Waals surface area contributed by atoms with E-state index in [2.05, 4.69) is 0 Å². The zero-order valence-corrected chi connectivity index (χ0v) is 14.7. The number of hydrogen-bond donors (Lipinski definition) is 1. The van der Waals surface area contributed by atoms with Crippen LogP contribution in [0.15, 0.2) is 35.3 Å². The largest absolute Gasteiger partial charge is 0.492 e. The topological polar surface area (TPSA) is 91.3 Å². The molecule has 0 saturated heterocycles. The Kier molecular flexibility index (Phi) is 3.55. The van der Waals surface area contributed by atoms with E-state index in [9.17, 15) is 14.7 Å². The van der Waals surface area contributed by atoms with Crippen LogP contribution >= 0.6 is 0 Å². The summed E-state index contributed by atoms with van der Waals surface area (Å²) in [4.78, 5) is 24.7. The van der Waals surface area contributed by atoms with Crippen molar-refractivity contribution in [1.82, 2.24) is 0 Å². The van der Waals surface area contributed by atoms with Gasteiger partial charge in [-0.15, -0.1) is 0 Å². The predicted molar refractivity (Wildman–Crippen MR) is 91.2 cm³/mol. The lowest BCUT2D eigenvalue weighted by molar-refractivity contribution is -0.136. The third kappa shape index (κ3) is 2.24. The minimum Gasteiger partial charge on any atom is -0.492 e. The third-order valence-corrected chi connectivity index (χ3v) is 5.88. The Morgan fingerprint density at radius 1 is 1.15 bits per heavy atom. The van der Waals surface area contributed by atoms with E-state index in [0.717, 1.165) is 11.1 Å². The summed E-state index contributed by atoms with van der Waals surface area (Å²) < 4.78 is 21.9. The molecule has 140 valence electrons. The van der Waals surface area contributed by atoms with E-state index in [4.69, 9.17) is 18.9 Å². The molecule has 27 heavy (non-hydrogen) atoms. The zero-order valence-electron chi connectivity index (χ0n) is 14.7. The number of benzene rings is 1. The summed E-state index contributed by atoms with van der Waals surface area (Å²) in [6.07, 6.45) is 2.29. The van der Waals surface area contributed by atoms with Gasteiger partial charge < -0.3 is 24.1 Å². The summed E-state index contributed by atoms with van der Waals surface area (Å²) >= 11 is 0. The Balaban J connectivity index is 1.71. The molecule has 5 rings (SSSR count). The Bertz CT molecular complexity index is 927. The number of carbonyl (C=O) groups excluding carboxylic acids is 2. The van der Waals surface area contributed by atoms with Crippen molar-refractivity contribution in [3.63, 3.8) is 0 Å². The second-order valence-electron chi connectivity index (χ2n) is 7.16. The van der Waals surface area contributed by atoms with Crippen LogP contribution in [0.1, 0.15) is 17.0 Å².